The third-order valence-corrected chi connectivity index (χ3v) is 3.88. The van der Waals surface area contributed by atoms with Gasteiger partial charge in [-0.25, -0.2) is 0 Å². The van der Waals surface area contributed by atoms with Crippen LogP contribution in [0.2, 0.25) is 0 Å². The van der Waals surface area contributed by atoms with E-state index < -0.39 is 0 Å². The molecule has 3 rings (SSSR count). The quantitative estimate of drug-likeness (QED) is 0.528. The van der Waals surface area contributed by atoms with E-state index >= 15 is 0 Å². The molecule has 22 heavy (non-hydrogen) atoms. The zero-order valence-corrected chi connectivity index (χ0v) is 13.4. The predicted octanol–water partition coefficient (Wildman–Crippen LogP) is 6.08. The predicted molar refractivity (Wildman–Crippen MR) is 95.3 cm³/mol. The average Bonchev–Trinajstić information content (AvgIpc) is 2.53. The van der Waals surface area contributed by atoms with Gasteiger partial charge in [0.15, 0.2) is 0 Å². The van der Waals surface area contributed by atoms with Crippen molar-refractivity contribution in [2.75, 3.05) is 4.90 Å². The summed E-state index contributed by atoms with van der Waals surface area (Å²) in [5.74, 6) is 0. The molecule has 0 unspecified atom stereocenters. The summed E-state index contributed by atoms with van der Waals surface area (Å²) in [7, 11) is 0. The third kappa shape index (κ3) is 3.04. The largest absolute Gasteiger partial charge is 0.311 e. The molecule has 0 bridgehead atoms. The highest BCUT2D eigenvalue weighted by Gasteiger charge is 2.11. The third-order valence-electron chi connectivity index (χ3n) is 3.88. The van der Waals surface area contributed by atoms with Gasteiger partial charge in [-0.2, -0.15) is 0 Å². The van der Waals surface area contributed by atoms with Gasteiger partial charge in [-0.05, 0) is 57.2 Å². The Morgan fingerprint density at radius 3 is 0.864 bits per heavy atom. The second-order valence-corrected chi connectivity index (χ2v) is 5.84. The van der Waals surface area contributed by atoms with E-state index in [2.05, 4.69) is 98.5 Å². The van der Waals surface area contributed by atoms with Gasteiger partial charge in [-0.1, -0.05) is 53.1 Å². The first-order chi connectivity index (χ1) is 10.6. The van der Waals surface area contributed by atoms with Gasteiger partial charge in [0.25, 0.3) is 0 Å². The van der Waals surface area contributed by atoms with Crippen molar-refractivity contribution in [2.45, 2.75) is 20.8 Å². The summed E-state index contributed by atoms with van der Waals surface area (Å²) in [5.41, 5.74) is 7.36. The highest BCUT2D eigenvalue weighted by atomic mass is 15.1. The van der Waals surface area contributed by atoms with E-state index in [4.69, 9.17) is 0 Å². The molecule has 0 radical (unpaired) electrons. The second-order valence-electron chi connectivity index (χ2n) is 5.84. The van der Waals surface area contributed by atoms with Crippen molar-refractivity contribution in [3.05, 3.63) is 89.5 Å². The summed E-state index contributed by atoms with van der Waals surface area (Å²) >= 11 is 0. The SMILES string of the molecule is Cc1ccc([14N](c2ccc(C)cc2)c2ccc([13CH3])cc2)cc1. The molecule has 0 aliphatic heterocycles. The molecular weight excluding hydrogens is 267 g/mol. The van der Waals surface area contributed by atoms with Gasteiger partial charge in [0.1, 0.15) is 0 Å². The summed E-state index contributed by atoms with van der Waals surface area (Å²) in [6.07, 6.45) is 0. The first-order valence-corrected chi connectivity index (χ1v) is 7.63. The topological polar surface area (TPSA) is 3.24 Å². The molecule has 0 N–H and O–H groups in total. The molecule has 0 atom stereocenters. The van der Waals surface area contributed by atoms with Gasteiger partial charge < -0.3 is 4.90 Å². The minimum atomic E-state index is 1.18. The van der Waals surface area contributed by atoms with Crippen LogP contribution in [-0.4, -0.2) is 0 Å². The zero-order chi connectivity index (χ0) is 15.5. The molecule has 0 aromatic heterocycles. The normalized spacial score (nSPS) is 10.5. The van der Waals surface area contributed by atoms with E-state index in [0.29, 0.717) is 0 Å². The molecule has 0 saturated heterocycles. The van der Waals surface area contributed by atoms with Gasteiger partial charge in [0.2, 0.25) is 0 Å². The lowest BCUT2D eigenvalue weighted by Crippen LogP contribution is -2.09. The van der Waals surface area contributed by atoms with Crippen LogP contribution in [0.4, 0.5) is 17.1 Å². The van der Waals surface area contributed by atoms with Gasteiger partial charge in [0, 0.05) is 17.1 Å². The number of rotatable bonds is 3. The molecule has 0 spiro atoms. The number of hydrogen-bond acceptors (Lipinski definition) is 1. The van der Waals surface area contributed by atoms with E-state index in [1.165, 1.54) is 33.8 Å². The lowest BCUT2D eigenvalue weighted by molar-refractivity contribution is 1.26. The minimum Gasteiger partial charge on any atom is -0.311 e. The standard InChI is InChI=1S/C21H21N/c1-16-4-10-19(11-5-16)22(20-12-6-17(2)7-13-20)21-14-8-18(3)9-15-21/h4-15H,1-3H3/i1+1,22+0. The molecule has 0 fully saturated rings. The molecule has 1 nitrogen and oxygen atoms in total. The van der Waals surface area contributed by atoms with Crippen LogP contribution in [0.5, 0.6) is 0 Å². The zero-order valence-electron chi connectivity index (χ0n) is 13.4. The molecule has 0 saturated carbocycles. The molecule has 110 valence electrons. The van der Waals surface area contributed by atoms with Gasteiger partial charge >= 0.3 is 0 Å². The number of benzene rings is 3. The molecule has 0 heterocycles. The number of hydrogen-bond donors (Lipinski definition) is 0. The summed E-state index contributed by atoms with van der Waals surface area (Å²) in [4.78, 5) is 2.29. The van der Waals surface area contributed by atoms with Gasteiger partial charge in [-0.3, -0.25) is 0 Å². The smallest absolute Gasteiger partial charge is 0.0461 e. The van der Waals surface area contributed by atoms with Crippen LogP contribution in [0.15, 0.2) is 72.8 Å². The number of nitrogens with zero attached hydrogens (tertiary/aromatic N) is 1. The Balaban J connectivity index is 2.10. The van der Waals surface area contributed by atoms with Crippen LogP contribution in [0.1, 0.15) is 16.7 Å². The maximum Gasteiger partial charge on any atom is 0.0461 e. The molecule has 1 heteroatoms. The summed E-state index contributed by atoms with van der Waals surface area (Å²) in [6.45, 7) is 6.35. The fourth-order valence-corrected chi connectivity index (χ4v) is 2.53. The number of anilines is 3. The van der Waals surface area contributed by atoms with Gasteiger partial charge in [-0.15, -0.1) is 0 Å². The maximum atomic E-state index is 2.29. The molecule has 0 amide bonds. The van der Waals surface area contributed by atoms with Crippen LogP contribution in [0.25, 0.3) is 0 Å². The monoisotopic (exact) mass is 288 g/mol. The summed E-state index contributed by atoms with van der Waals surface area (Å²) in [6, 6.07) is 26.0. The van der Waals surface area contributed by atoms with Crippen molar-refractivity contribution in [3.8, 4) is 0 Å². The Bertz CT molecular complexity index is 629. The highest BCUT2D eigenvalue weighted by Crippen LogP contribution is 2.34. The van der Waals surface area contributed by atoms with Crippen LogP contribution < -0.4 is 4.90 Å². The van der Waals surface area contributed by atoms with Crippen molar-refractivity contribution in [3.63, 3.8) is 0 Å². The Kier molecular flexibility index (Phi) is 3.97. The van der Waals surface area contributed by atoms with E-state index in [1.54, 1.807) is 0 Å². The average molecular weight is 288 g/mol. The fourth-order valence-electron chi connectivity index (χ4n) is 2.53. The highest BCUT2D eigenvalue weighted by molar-refractivity contribution is 5.76. The maximum absolute atomic E-state index is 2.29. The van der Waals surface area contributed by atoms with Crippen molar-refractivity contribution in [2.24, 2.45) is 0 Å². The summed E-state index contributed by atoms with van der Waals surface area (Å²) in [5, 5.41) is 0. The van der Waals surface area contributed by atoms with Gasteiger partial charge in [0.05, 0.1) is 0 Å². The van der Waals surface area contributed by atoms with E-state index in [0.717, 1.165) is 0 Å². The fraction of sp³-hybridized carbons (Fsp3) is 0.143. The molecule has 0 aliphatic carbocycles. The second kappa shape index (κ2) is 6.07. The molecule has 3 aromatic rings. The van der Waals surface area contributed by atoms with E-state index in [9.17, 15) is 0 Å². The lowest BCUT2D eigenvalue weighted by atomic mass is 10.1. The van der Waals surface area contributed by atoms with Crippen LogP contribution in [0, 0.1) is 20.8 Å². The molecule has 3 aromatic carbocycles. The Morgan fingerprint density at radius 2 is 0.636 bits per heavy atom. The first-order valence-electron chi connectivity index (χ1n) is 7.63. The van der Waals surface area contributed by atoms with Crippen LogP contribution in [0.3, 0.4) is 0 Å². The van der Waals surface area contributed by atoms with E-state index in [-0.39, 0.29) is 0 Å². The van der Waals surface area contributed by atoms with Crippen molar-refractivity contribution >= 4 is 17.1 Å². The Labute approximate surface area is 132 Å². The molecule has 0 aliphatic rings. The molecular formula is C21H21N. The first kappa shape index (κ1) is 14.4. The van der Waals surface area contributed by atoms with Crippen LogP contribution >= 0.6 is 0 Å². The van der Waals surface area contributed by atoms with Crippen LogP contribution in [-0.2, 0) is 0 Å². The minimum absolute atomic E-state index is 1.18. The lowest BCUT2D eigenvalue weighted by Gasteiger charge is -2.25. The Hall–Kier alpha value is -2.54. The van der Waals surface area contributed by atoms with E-state index in [1.807, 2.05) is 0 Å². The number of aryl methyl sites for hydroxylation is 3. The summed E-state index contributed by atoms with van der Waals surface area (Å²) < 4.78 is 0. The Morgan fingerprint density at radius 1 is 0.409 bits per heavy atom. The van der Waals surface area contributed by atoms with Crippen molar-refractivity contribution in [1.29, 1.82) is 0 Å². The van der Waals surface area contributed by atoms with Crippen molar-refractivity contribution < 1.29 is 0 Å². The van der Waals surface area contributed by atoms with Crippen molar-refractivity contribution in [1.82, 2.24) is 0 Å².